The summed E-state index contributed by atoms with van der Waals surface area (Å²) in [6.07, 6.45) is 3.89. The zero-order valence-electron chi connectivity index (χ0n) is 20.4. The number of carbonyl (C=O) groups is 2. The summed E-state index contributed by atoms with van der Waals surface area (Å²) in [7, 11) is 3.19. The number of hydrogen-bond donors (Lipinski definition) is 2. The van der Waals surface area contributed by atoms with Crippen molar-refractivity contribution in [2.24, 2.45) is 16.7 Å². The maximum atomic E-state index is 13.8. The average molecular weight is 474 g/mol. The third kappa shape index (κ3) is 3.08. The summed E-state index contributed by atoms with van der Waals surface area (Å²) >= 11 is 0. The number of aliphatic hydroxyl groups excluding tert-OH is 2. The molecule has 0 spiro atoms. The summed E-state index contributed by atoms with van der Waals surface area (Å²) in [5.41, 5.74) is -0.0428. The van der Waals surface area contributed by atoms with Crippen molar-refractivity contribution in [1.82, 2.24) is 4.90 Å². The van der Waals surface area contributed by atoms with E-state index in [1.54, 1.807) is 13.3 Å². The Morgan fingerprint density at radius 2 is 1.88 bits per heavy atom. The van der Waals surface area contributed by atoms with Crippen LogP contribution in [0.1, 0.15) is 46.0 Å². The summed E-state index contributed by atoms with van der Waals surface area (Å²) < 4.78 is 17.1. The van der Waals surface area contributed by atoms with Gasteiger partial charge in [0.15, 0.2) is 5.76 Å². The predicted molar refractivity (Wildman–Crippen MR) is 123 cm³/mol. The fourth-order valence-corrected chi connectivity index (χ4v) is 7.43. The quantitative estimate of drug-likeness (QED) is 0.474. The molecule has 3 aliphatic carbocycles. The molecule has 0 aromatic heterocycles. The van der Waals surface area contributed by atoms with E-state index < -0.39 is 40.5 Å². The van der Waals surface area contributed by atoms with E-state index in [-0.39, 0.29) is 29.8 Å². The average Bonchev–Trinajstić information content (AvgIpc) is 3.41. The first-order chi connectivity index (χ1) is 16.2. The summed E-state index contributed by atoms with van der Waals surface area (Å²) in [6, 6.07) is 0. The number of nitrogens with zero attached hydrogens (tertiary/aromatic N) is 1. The SMILES string of the molecule is COCC1OC(=O)C(=CN2CCCC2)C2=C(O)C(=O)C3=C(C(O)CC4(C)C(OC)CCC34)C21C. The fourth-order valence-electron chi connectivity index (χ4n) is 7.43. The number of hydrogen-bond acceptors (Lipinski definition) is 8. The lowest BCUT2D eigenvalue weighted by atomic mass is 9.53. The first-order valence-electron chi connectivity index (χ1n) is 12.3. The second-order valence-corrected chi connectivity index (χ2v) is 10.8. The zero-order chi connectivity index (χ0) is 24.4. The smallest absolute Gasteiger partial charge is 0.340 e. The van der Waals surface area contributed by atoms with E-state index in [0.717, 1.165) is 38.8 Å². The molecule has 0 aromatic carbocycles. The maximum Gasteiger partial charge on any atom is 0.340 e. The highest BCUT2D eigenvalue weighted by Gasteiger charge is 2.63. The molecule has 2 heterocycles. The van der Waals surface area contributed by atoms with Crippen molar-refractivity contribution in [3.8, 4) is 0 Å². The number of aliphatic hydroxyl groups is 2. The van der Waals surface area contributed by atoms with E-state index in [4.69, 9.17) is 14.2 Å². The Morgan fingerprint density at radius 1 is 1.18 bits per heavy atom. The first kappa shape index (κ1) is 23.6. The molecule has 3 fully saturated rings. The van der Waals surface area contributed by atoms with Crippen LogP contribution in [-0.4, -0.2) is 79.1 Å². The molecule has 186 valence electrons. The highest BCUT2D eigenvalue weighted by Crippen LogP contribution is 2.63. The second kappa shape index (κ2) is 8.21. The van der Waals surface area contributed by atoms with E-state index in [1.807, 2.05) is 11.8 Å². The molecular formula is C26H35NO7. The van der Waals surface area contributed by atoms with E-state index in [2.05, 4.69) is 6.92 Å². The number of fused-ring (bicyclic) bond motifs is 4. The second-order valence-electron chi connectivity index (χ2n) is 10.8. The molecule has 0 bridgehead atoms. The van der Waals surface area contributed by atoms with Gasteiger partial charge in [0.2, 0.25) is 5.78 Å². The van der Waals surface area contributed by atoms with Crippen LogP contribution in [0.15, 0.2) is 34.3 Å². The zero-order valence-corrected chi connectivity index (χ0v) is 20.4. The molecule has 2 aliphatic heterocycles. The number of likely N-dealkylation sites (tertiary alicyclic amines) is 1. The fraction of sp³-hybridized carbons (Fsp3) is 0.692. The predicted octanol–water partition coefficient (Wildman–Crippen LogP) is 2.43. The van der Waals surface area contributed by atoms with Crippen LogP contribution < -0.4 is 0 Å². The summed E-state index contributed by atoms with van der Waals surface area (Å²) in [4.78, 5) is 29.0. The van der Waals surface area contributed by atoms with Crippen LogP contribution in [0.2, 0.25) is 0 Å². The highest BCUT2D eigenvalue weighted by atomic mass is 16.6. The number of allylic oxidation sites excluding steroid dienone is 1. The summed E-state index contributed by atoms with van der Waals surface area (Å²) in [6.45, 7) is 5.60. The van der Waals surface area contributed by atoms with E-state index in [1.165, 1.54) is 7.11 Å². The van der Waals surface area contributed by atoms with Crippen LogP contribution in [0.5, 0.6) is 0 Å². The van der Waals surface area contributed by atoms with Gasteiger partial charge in [-0.15, -0.1) is 0 Å². The number of esters is 1. The van der Waals surface area contributed by atoms with Gasteiger partial charge in [-0.3, -0.25) is 4.79 Å². The van der Waals surface area contributed by atoms with Crippen molar-refractivity contribution in [3.63, 3.8) is 0 Å². The maximum absolute atomic E-state index is 13.8. The molecule has 6 atom stereocenters. The monoisotopic (exact) mass is 473 g/mol. The van der Waals surface area contributed by atoms with Crippen molar-refractivity contribution in [1.29, 1.82) is 0 Å². The Balaban J connectivity index is 1.72. The Hall–Kier alpha value is -2.16. The van der Waals surface area contributed by atoms with Crippen molar-refractivity contribution in [2.75, 3.05) is 33.9 Å². The molecule has 2 N–H and O–H groups in total. The number of cyclic esters (lactones) is 1. The van der Waals surface area contributed by atoms with Gasteiger partial charge < -0.3 is 29.3 Å². The molecule has 2 saturated heterocycles. The van der Waals surface area contributed by atoms with E-state index >= 15 is 0 Å². The summed E-state index contributed by atoms with van der Waals surface area (Å²) in [5.74, 6) is -1.65. The lowest BCUT2D eigenvalue weighted by Crippen LogP contribution is -2.56. The van der Waals surface area contributed by atoms with Gasteiger partial charge in [-0.1, -0.05) is 6.92 Å². The lowest BCUT2D eigenvalue weighted by Gasteiger charge is -2.53. The van der Waals surface area contributed by atoms with Crippen molar-refractivity contribution >= 4 is 11.8 Å². The molecule has 6 unspecified atom stereocenters. The lowest BCUT2D eigenvalue weighted by molar-refractivity contribution is -0.157. The van der Waals surface area contributed by atoms with Crippen molar-refractivity contribution in [3.05, 3.63) is 34.3 Å². The normalized spacial score (nSPS) is 41.1. The molecule has 5 rings (SSSR count). The number of ketones is 1. The molecule has 0 radical (unpaired) electrons. The van der Waals surface area contributed by atoms with Crippen LogP contribution in [0, 0.1) is 16.7 Å². The minimum atomic E-state index is -1.09. The van der Waals surface area contributed by atoms with Gasteiger partial charge in [0.1, 0.15) is 6.10 Å². The molecule has 1 saturated carbocycles. The Bertz CT molecular complexity index is 1010. The van der Waals surface area contributed by atoms with Crippen LogP contribution in [-0.2, 0) is 23.8 Å². The number of ether oxygens (including phenoxy) is 3. The van der Waals surface area contributed by atoms with Gasteiger partial charge in [0, 0.05) is 50.1 Å². The molecular weight excluding hydrogens is 438 g/mol. The molecule has 0 aromatic rings. The largest absolute Gasteiger partial charge is 0.504 e. The topological polar surface area (TPSA) is 106 Å². The van der Waals surface area contributed by atoms with E-state index in [0.29, 0.717) is 17.6 Å². The Kier molecular flexibility index (Phi) is 5.69. The minimum Gasteiger partial charge on any atom is -0.504 e. The Labute approximate surface area is 200 Å². The Morgan fingerprint density at radius 3 is 2.53 bits per heavy atom. The van der Waals surface area contributed by atoms with Gasteiger partial charge in [-0.05, 0) is 50.5 Å². The standard InChI is InChI=1S/C26H35NO7/c1-25-11-16(28)21-19(15(25)7-8-17(25)33-4)22(29)23(30)20-14(12-27-9-5-6-10-27)24(31)34-18(13-32-3)26(20,21)2/h12,15-18,28,30H,5-11,13H2,1-4H3. The molecule has 8 heteroatoms. The van der Waals surface area contributed by atoms with Crippen LogP contribution >= 0.6 is 0 Å². The third-order valence-electron chi connectivity index (χ3n) is 9.07. The first-order valence-corrected chi connectivity index (χ1v) is 12.3. The van der Waals surface area contributed by atoms with Crippen LogP contribution in [0.25, 0.3) is 0 Å². The van der Waals surface area contributed by atoms with Crippen molar-refractivity contribution < 1.29 is 34.0 Å². The third-order valence-corrected chi connectivity index (χ3v) is 9.07. The van der Waals surface area contributed by atoms with Gasteiger partial charge in [0.25, 0.3) is 0 Å². The van der Waals surface area contributed by atoms with Gasteiger partial charge in [-0.2, -0.15) is 0 Å². The van der Waals surface area contributed by atoms with Crippen LogP contribution in [0.3, 0.4) is 0 Å². The van der Waals surface area contributed by atoms with Crippen LogP contribution in [0.4, 0.5) is 0 Å². The number of Topliss-reactive ketones (excluding diaryl/α,β-unsaturated/α-hetero) is 1. The molecule has 0 amide bonds. The molecule has 8 nitrogen and oxygen atoms in total. The van der Waals surface area contributed by atoms with E-state index in [9.17, 15) is 19.8 Å². The highest BCUT2D eigenvalue weighted by molar-refractivity contribution is 6.13. The number of rotatable bonds is 4. The minimum absolute atomic E-state index is 0.0797. The molecule has 34 heavy (non-hydrogen) atoms. The number of carbonyl (C=O) groups excluding carboxylic acids is 2. The van der Waals surface area contributed by atoms with Gasteiger partial charge in [0.05, 0.1) is 29.8 Å². The number of methoxy groups -OCH3 is 2. The van der Waals surface area contributed by atoms with Gasteiger partial charge >= 0.3 is 5.97 Å². The van der Waals surface area contributed by atoms with Crippen molar-refractivity contribution in [2.45, 2.75) is 64.3 Å². The molecule has 5 aliphatic rings. The summed E-state index contributed by atoms with van der Waals surface area (Å²) in [5, 5.41) is 23.0. The van der Waals surface area contributed by atoms with Gasteiger partial charge in [-0.25, -0.2) is 4.79 Å².